The minimum absolute atomic E-state index is 0.308. The fourth-order valence-electron chi connectivity index (χ4n) is 4.30. The quantitative estimate of drug-likeness (QED) is 0.623. The number of fused-ring (bicyclic) bond motifs is 3. The monoisotopic (exact) mass is 408 g/mol. The molecule has 0 saturated carbocycles. The molecule has 2 aliphatic heterocycles. The molecule has 7 nitrogen and oxygen atoms in total. The highest BCUT2D eigenvalue weighted by Crippen LogP contribution is 2.34. The number of pyridine rings is 1. The molecule has 5 rings (SSSR count). The van der Waals surface area contributed by atoms with Crippen LogP contribution < -0.4 is 4.90 Å². The van der Waals surface area contributed by atoms with E-state index in [-0.39, 0.29) is 0 Å². The van der Waals surface area contributed by atoms with E-state index < -0.39 is 0 Å². The summed E-state index contributed by atoms with van der Waals surface area (Å²) in [6.45, 7) is 2.81. The Balaban J connectivity index is 1.46. The highest BCUT2D eigenvalue weighted by atomic mass is 35.5. The zero-order valence-corrected chi connectivity index (χ0v) is 16.7. The Hall–Kier alpha value is -2.93. The molecule has 2 aliphatic rings. The Bertz CT molecular complexity index is 1030. The Morgan fingerprint density at radius 1 is 1.07 bits per heavy atom. The summed E-state index contributed by atoms with van der Waals surface area (Å²) in [5.74, 6) is 3.09. The van der Waals surface area contributed by atoms with Crippen LogP contribution in [-0.2, 0) is 17.9 Å². The van der Waals surface area contributed by atoms with Gasteiger partial charge in [-0.25, -0.2) is 4.98 Å². The third-order valence-electron chi connectivity index (χ3n) is 5.74. The standard InChI is InChI=1S/C21H21ClN6O/c22-17-4-5-18-16(11-17)12-26(14-29)13-20-24-25-21(28(18)20)15-6-9-27(10-7-15)19-3-1-2-8-23-19/h1-5,8,11,14-15H,6-7,9-10,12-13H2. The van der Waals surface area contributed by atoms with Crippen LogP contribution in [0, 0.1) is 0 Å². The molecule has 0 atom stereocenters. The van der Waals surface area contributed by atoms with Gasteiger partial charge >= 0.3 is 0 Å². The SMILES string of the molecule is O=CN1Cc2cc(Cl)ccc2-n2c(nnc2C2CCN(c3ccccn3)CC2)C1. The number of benzene rings is 1. The summed E-state index contributed by atoms with van der Waals surface area (Å²) in [5, 5.41) is 9.66. The van der Waals surface area contributed by atoms with E-state index in [0.717, 1.165) is 61.1 Å². The summed E-state index contributed by atoms with van der Waals surface area (Å²) >= 11 is 6.23. The highest BCUT2D eigenvalue weighted by molar-refractivity contribution is 6.30. The van der Waals surface area contributed by atoms with E-state index in [9.17, 15) is 4.79 Å². The van der Waals surface area contributed by atoms with Gasteiger partial charge in [0.15, 0.2) is 5.82 Å². The second-order valence-corrected chi connectivity index (χ2v) is 7.98. The first-order chi connectivity index (χ1) is 14.2. The second kappa shape index (κ2) is 7.48. The fraction of sp³-hybridized carbons (Fsp3) is 0.333. The van der Waals surface area contributed by atoms with E-state index >= 15 is 0 Å². The minimum Gasteiger partial charge on any atom is -0.357 e. The molecule has 1 amide bonds. The van der Waals surface area contributed by atoms with Gasteiger partial charge in [-0.15, -0.1) is 10.2 Å². The molecule has 0 radical (unpaired) electrons. The molecule has 148 valence electrons. The first-order valence-electron chi connectivity index (χ1n) is 9.81. The molecule has 0 bridgehead atoms. The third kappa shape index (κ3) is 3.35. The van der Waals surface area contributed by atoms with Crippen molar-refractivity contribution < 1.29 is 4.79 Å². The van der Waals surface area contributed by atoms with Gasteiger partial charge in [0.1, 0.15) is 11.6 Å². The predicted octanol–water partition coefficient (Wildman–Crippen LogP) is 3.17. The molecule has 0 aliphatic carbocycles. The van der Waals surface area contributed by atoms with Crippen molar-refractivity contribution in [3.05, 3.63) is 64.8 Å². The highest BCUT2D eigenvalue weighted by Gasteiger charge is 2.30. The first-order valence-corrected chi connectivity index (χ1v) is 10.2. The number of amides is 1. The number of rotatable bonds is 3. The normalized spacial score (nSPS) is 16.9. The second-order valence-electron chi connectivity index (χ2n) is 7.54. The van der Waals surface area contributed by atoms with Gasteiger partial charge < -0.3 is 9.80 Å². The van der Waals surface area contributed by atoms with Gasteiger partial charge in [-0.3, -0.25) is 9.36 Å². The van der Waals surface area contributed by atoms with E-state index in [2.05, 4.69) is 30.7 Å². The van der Waals surface area contributed by atoms with E-state index in [0.29, 0.717) is 24.0 Å². The maximum atomic E-state index is 11.5. The van der Waals surface area contributed by atoms with Gasteiger partial charge in [0.25, 0.3) is 0 Å². The van der Waals surface area contributed by atoms with E-state index in [1.165, 1.54) is 0 Å². The molecule has 1 fully saturated rings. The van der Waals surface area contributed by atoms with Crippen molar-refractivity contribution in [2.45, 2.75) is 31.8 Å². The maximum absolute atomic E-state index is 11.5. The van der Waals surface area contributed by atoms with Crippen LogP contribution in [-0.4, -0.2) is 44.1 Å². The number of carbonyl (C=O) groups excluding carboxylic acids is 1. The van der Waals surface area contributed by atoms with Crippen LogP contribution in [0.15, 0.2) is 42.6 Å². The van der Waals surface area contributed by atoms with Crippen molar-refractivity contribution in [3.8, 4) is 5.69 Å². The lowest BCUT2D eigenvalue weighted by Gasteiger charge is -2.32. The smallest absolute Gasteiger partial charge is 0.210 e. The Kier molecular flexibility index (Phi) is 4.67. The van der Waals surface area contributed by atoms with Crippen LogP contribution >= 0.6 is 11.6 Å². The lowest BCUT2D eigenvalue weighted by molar-refractivity contribution is -0.119. The summed E-state index contributed by atoms with van der Waals surface area (Å²) in [7, 11) is 0. The van der Waals surface area contributed by atoms with Gasteiger partial charge in [-0.05, 0) is 48.7 Å². The Morgan fingerprint density at radius 3 is 2.69 bits per heavy atom. The van der Waals surface area contributed by atoms with E-state index in [1.807, 2.05) is 36.5 Å². The van der Waals surface area contributed by atoms with Crippen molar-refractivity contribution in [2.24, 2.45) is 0 Å². The molecule has 0 N–H and O–H groups in total. The van der Waals surface area contributed by atoms with Crippen molar-refractivity contribution >= 4 is 23.8 Å². The maximum Gasteiger partial charge on any atom is 0.210 e. The first kappa shape index (κ1) is 18.1. The molecular weight excluding hydrogens is 388 g/mol. The number of carbonyl (C=O) groups is 1. The van der Waals surface area contributed by atoms with Gasteiger partial charge in [0, 0.05) is 36.8 Å². The number of hydrogen-bond acceptors (Lipinski definition) is 5. The number of hydrogen-bond donors (Lipinski definition) is 0. The molecule has 1 saturated heterocycles. The molecular formula is C21H21ClN6O. The van der Waals surface area contributed by atoms with E-state index in [4.69, 9.17) is 11.6 Å². The Labute approximate surface area is 173 Å². The molecule has 0 spiro atoms. The van der Waals surface area contributed by atoms with Gasteiger partial charge in [0.2, 0.25) is 6.41 Å². The molecule has 8 heteroatoms. The lowest BCUT2D eigenvalue weighted by atomic mass is 9.95. The van der Waals surface area contributed by atoms with Crippen molar-refractivity contribution in [1.29, 1.82) is 0 Å². The van der Waals surface area contributed by atoms with Crippen LogP contribution in [0.5, 0.6) is 0 Å². The van der Waals surface area contributed by atoms with E-state index in [1.54, 1.807) is 4.90 Å². The van der Waals surface area contributed by atoms with Crippen LogP contribution in [0.1, 0.15) is 36.0 Å². The summed E-state index contributed by atoms with van der Waals surface area (Å²) in [6.07, 6.45) is 4.66. The molecule has 3 aromatic rings. The summed E-state index contributed by atoms with van der Waals surface area (Å²) < 4.78 is 2.14. The zero-order valence-electron chi connectivity index (χ0n) is 15.9. The van der Waals surface area contributed by atoms with Gasteiger partial charge in [-0.1, -0.05) is 17.7 Å². The minimum atomic E-state index is 0.308. The number of anilines is 1. The van der Waals surface area contributed by atoms with Gasteiger partial charge in [0.05, 0.1) is 12.2 Å². The molecule has 1 aromatic carbocycles. The number of nitrogens with zero attached hydrogens (tertiary/aromatic N) is 6. The molecule has 4 heterocycles. The number of aromatic nitrogens is 4. The largest absolute Gasteiger partial charge is 0.357 e. The third-order valence-corrected chi connectivity index (χ3v) is 5.97. The molecule has 0 unspecified atom stereocenters. The van der Waals surface area contributed by atoms with Gasteiger partial charge in [-0.2, -0.15) is 0 Å². The Morgan fingerprint density at radius 2 is 1.93 bits per heavy atom. The predicted molar refractivity (Wildman–Crippen MR) is 110 cm³/mol. The van der Waals surface area contributed by atoms with Crippen molar-refractivity contribution in [2.75, 3.05) is 18.0 Å². The van der Waals surface area contributed by atoms with Crippen molar-refractivity contribution in [1.82, 2.24) is 24.6 Å². The number of piperidine rings is 1. The summed E-state index contributed by atoms with van der Waals surface area (Å²) in [4.78, 5) is 20.0. The van der Waals surface area contributed by atoms with Crippen molar-refractivity contribution in [3.63, 3.8) is 0 Å². The van der Waals surface area contributed by atoms with Crippen LogP contribution in [0.25, 0.3) is 5.69 Å². The average molecular weight is 409 g/mol. The summed E-state index contributed by atoms with van der Waals surface area (Å²) in [6, 6.07) is 11.8. The number of halogens is 1. The topological polar surface area (TPSA) is 67.2 Å². The fourth-order valence-corrected chi connectivity index (χ4v) is 4.49. The van der Waals surface area contributed by atoms with Crippen LogP contribution in [0.3, 0.4) is 0 Å². The lowest BCUT2D eigenvalue weighted by Crippen LogP contribution is -2.34. The zero-order chi connectivity index (χ0) is 19.8. The molecule has 2 aromatic heterocycles. The average Bonchev–Trinajstić information content (AvgIpc) is 3.10. The van der Waals surface area contributed by atoms with Crippen LogP contribution in [0.4, 0.5) is 5.82 Å². The molecule has 29 heavy (non-hydrogen) atoms. The van der Waals surface area contributed by atoms with Crippen LogP contribution in [0.2, 0.25) is 5.02 Å². The summed E-state index contributed by atoms with van der Waals surface area (Å²) in [5.41, 5.74) is 2.02.